The molecule has 0 saturated carbocycles. The Kier molecular flexibility index (Phi) is 4.77. The fourth-order valence-electron chi connectivity index (χ4n) is 1.85. The predicted molar refractivity (Wildman–Crippen MR) is 80.5 cm³/mol. The number of benzene rings is 1. The van der Waals surface area contributed by atoms with E-state index in [2.05, 4.69) is 9.71 Å². The first-order valence-electron chi connectivity index (χ1n) is 6.47. The lowest BCUT2D eigenvalue weighted by molar-refractivity contribution is 0.342. The van der Waals surface area contributed by atoms with Crippen LogP contribution in [0.15, 0.2) is 47.5 Å². The fraction of sp³-hybridized carbons (Fsp3) is 0.214. The van der Waals surface area contributed by atoms with E-state index in [4.69, 9.17) is 10.5 Å². The van der Waals surface area contributed by atoms with Gasteiger partial charge in [0, 0.05) is 12.7 Å². The van der Waals surface area contributed by atoms with Crippen molar-refractivity contribution < 1.29 is 13.2 Å². The van der Waals surface area contributed by atoms with Gasteiger partial charge in [0.15, 0.2) is 0 Å². The van der Waals surface area contributed by atoms with Gasteiger partial charge in [0.1, 0.15) is 10.6 Å². The van der Waals surface area contributed by atoms with E-state index in [0.717, 1.165) is 0 Å². The highest BCUT2D eigenvalue weighted by Crippen LogP contribution is 2.27. The van der Waals surface area contributed by atoms with Gasteiger partial charge in [0.25, 0.3) is 10.0 Å². The summed E-state index contributed by atoms with van der Waals surface area (Å²) in [6, 6.07) is 9.88. The minimum Gasteiger partial charge on any atom is -0.492 e. The average Bonchev–Trinajstić information content (AvgIpc) is 2.49. The maximum atomic E-state index is 12.5. The van der Waals surface area contributed by atoms with E-state index < -0.39 is 10.0 Å². The Morgan fingerprint density at radius 2 is 2.00 bits per heavy atom. The lowest BCUT2D eigenvalue weighted by Crippen LogP contribution is -2.17. The first kappa shape index (κ1) is 15.3. The van der Waals surface area contributed by atoms with E-state index >= 15 is 0 Å². The van der Waals surface area contributed by atoms with Crippen LogP contribution in [0, 0.1) is 0 Å². The summed E-state index contributed by atoms with van der Waals surface area (Å²) < 4.78 is 32.9. The molecular weight excluding hydrogens is 290 g/mol. The molecule has 1 aromatic heterocycles. The molecule has 3 N–H and O–H groups in total. The number of nitrogens with one attached hydrogen (secondary N) is 1. The number of anilines is 1. The van der Waals surface area contributed by atoms with E-state index in [9.17, 15) is 8.42 Å². The van der Waals surface area contributed by atoms with Gasteiger partial charge < -0.3 is 10.5 Å². The third-order valence-corrected chi connectivity index (χ3v) is 4.20. The lowest BCUT2D eigenvalue weighted by Gasteiger charge is -2.13. The van der Waals surface area contributed by atoms with Crippen LogP contribution < -0.4 is 15.2 Å². The molecule has 0 fully saturated rings. The minimum absolute atomic E-state index is 0.0458. The number of hydrogen-bond acceptors (Lipinski definition) is 5. The van der Waals surface area contributed by atoms with E-state index in [0.29, 0.717) is 23.7 Å². The van der Waals surface area contributed by atoms with E-state index in [1.165, 1.54) is 12.3 Å². The van der Waals surface area contributed by atoms with Crippen LogP contribution in [0.5, 0.6) is 5.75 Å². The normalized spacial score (nSPS) is 11.1. The molecule has 7 heteroatoms. The maximum Gasteiger partial charge on any atom is 0.263 e. The number of ether oxygens (including phenoxy) is 1. The summed E-state index contributed by atoms with van der Waals surface area (Å²) in [4.78, 5) is 4.06. The molecule has 21 heavy (non-hydrogen) atoms. The van der Waals surface area contributed by atoms with Crippen LogP contribution in [-0.2, 0) is 16.6 Å². The molecule has 0 unspecified atom stereocenters. The molecule has 112 valence electrons. The summed E-state index contributed by atoms with van der Waals surface area (Å²) in [6.45, 7) is 2.32. The predicted octanol–water partition coefficient (Wildman–Crippen LogP) is 1.74. The van der Waals surface area contributed by atoms with Crippen LogP contribution in [0.3, 0.4) is 0 Å². The number of sulfonamides is 1. The zero-order valence-electron chi connectivity index (χ0n) is 11.6. The van der Waals surface area contributed by atoms with Crippen molar-refractivity contribution >= 4 is 15.7 Å². The van der Waals surface area contributed by atoms with Crippen molar-refractivity contribution in [1.82, 2.24) is 4.98 Å². The molecule has 0 aliphatic heterocycles. The van der Waals surface area contributed by atoms with Crippen LogP contribution >= 0.6 is 0 Å². The summed E-state index contributed by atoms with van der Waals surface area (Å²) >= 11 is 0. The van der Waals surface area contributed by atoms with Crippen molar-refractivity contribution in [2.24, 2.45) is 5.73 Å². The van der Waals surface area contributed by atoms with Gasteiger partial charge in [-0.05, 0) is 31.2 Å². The summed E-state index contributed by atoms with van der Waals surface area (Å²) in [7, 11) is -3.77. The van der Waals surface area contributed by atoms with Crippen LogP contribution in [0.25, 0.3) is 0 Å². The highest BCUT2D eigenvalue weighted by Gasteiger charge is 2.20. The van der Waals surface area contributed by atoms with Crippen LogP contribution in [0.4, 0.5) is 5.69 Å². The van der Waals surface area contributed by atoms with Gasteiger partial charge in [-0.1, -0.05) is 12.1 Å². The monoisotopic (exact) mass is 307 g/mol. The molecule has 0 atom stereocenters. The second-order valence-corrected chi connectivity index (χ2v) is 5.84. The molecule has 0 amide bonds. The third-order valence-electron chi connectivity index (χ3n) is 2.76. The molecule has 1 heterocycles. The Morgan fingerprint density at radius 1 is 1.24 bits per heavy atom. The Hall–Kier alpha value is -2.12. The number of para-hydroxylation sites is 2. The first-order valence-corrected chi connectivity index (χ1v) is 7.95. The smallest absolute Gasteiger partial charge is 0.263 e. The summed E-state index contributed by atoms with van der Waals surface area (Å²) in [5.74, 6) is 0.474. The van der Waals surface area contributed by atoms with Crippen LogP contribution in [0.2, 0.25) is 0 Å². The van der Waals surface area contributed by atoms with Gasteiger partial charge in [-0.2, -0.15) is 0 Å². The molecule has 2 rings (SSSR count). The average molecular weight is 307 g/mol. The van der Waals surface area contributed by atoms with Gasteiger partial charge in [0.05, 0.1) is 18.0 Å². The Labute approximate surface area is 124 Å². The summed E-state index contributed by atoms with van der Waals surface area (Å²) in [5, 5.41) is 0. The van der Waals surface area contributed by atoms with Crippen molar-refractivity contribution in [3.63, 3.8) is 0 Å². The van der Waals surface area contributed by atoms with Gasteiger partial charge in [-0.15, -0.1) is 0 Å². The molecule has 0 spiro atoms. The molecule has 0 saturated heterocycles. The summed E-state index contributed by atoms with van der Waals surface area (Å²) in [5.41, 5.74) is 6.24. The van der Waals surface area contributed by atoms with Crippen molar-refractivity contribution in [2.45, 2.75) is 18.4 Å². The molecule has 1 aromatic carbocycles. The number of nitrogens with two attached hydrogens (primary N) is 1. The molecule has 0 aliphatic rings. The maximum absolute atomic E-state index is 12.5. The van der Waals surface area contributed by atoms with Gasteiger partial charge in [0.2, 0.25) is 0 Å². The zero-order chi connectivity index (χ0) is 15.3. The molecule has 0 bridgehead atoms. The summed E-state index contributed by atoms with van der Waals surface area (Å²) in [6.07, 6.45) is 1.51. The second kappa shape index (κ2) is 6.55. The molecule has 6 nitrogen and oxygen atoms in total. The Balaban J connectivity index is 2.38. The number of hydrogen-bond donors (Lipinski definition) is 2. The molecule has 0 radical (unpaired) electrons. The highest BCUT2D eigenvalue weighted by molar-refractivity contribution is 7.92. The van der Waals surface area contributed by atoms with Crippen molar-refractivity contribution in [2.75, 3.05) is 11.3 Å². The lowest BCUT2D eigenvalue weighted by atomic mass is 10.3. The molecule has 2 aromatic rings. The van der Waals surface area contributed by atoms with Crippen molar-refractivity contribution in [1.29, 1.82) is 0 Å². The highest BCUT2D eigenvalue weighted by atomic mass is 32.2. The Morgan fingerprint density at radius 3 is 2.71 bits per heavy atom. The standard InChI is InChI=1S/C14H17N3O3S/c1-2-20-13-7-4-3-6-11(13)17-21(18,19)14-8-5-9-16-12(14)10-15/h3-9,17H,2,10,15H2,1H3. The van der Waals surface area contributed by atoms with Gasteiger partial charge in [-0.25, -0.2) is 8.42 Å². The van der Waals surface area contributed by atoms with E-state index in [-0.39, 0.29) is 11.4 Å². The van der Waals surface area contributed by atoms with E-state index in [1.807, 2.05) is 6.92 Å². The third kappa shape index (κ3) is 3.50. The quantitative estimate of drug-likeness (QED) is 0.847. The van der Waals surface area contributed by atoms with Gasteiger partial charge >= 0.3 is 0 Å². The number of pyridine rings is 1. The van der Waals surface area contributed by atoms with Crippen molar-refractivity contribution in [3.8, 4) is 5.75 Å². The van der Waals surface area contributed by atoms with Crippen LogP contribution in [0.1, 0.15) is 12.6 Å². The second-order valence-electron chi connectivity index (χ2n) is 4.19. The topological polar surface area (TPSA) is 94.3 Å². The van der Waals surface area contributed by atoms with Crippen molar-refractivity contribution in [3.05, 3.63) is 48.3 Å². The van der Waals surface area contributed by atoms with Crippen LogP contribution in [-0.4, -0.2) is 20.0 Å². The van der Waals surface area contributed by atoms with E-state index in [1.54, 1.807) is 30.3 Å². The van der Waals surface area contributed by atoms with Gasteiger partial charge in [-0.3, -0.25) is 9.71 Å². The fourth-order valence-corrected chi connectivity index (χ4v) is 3.13. The molecular formula is C14H17N3O3S. The molecule has 0 aliphatic carbocycles. The number of nitrogens with zero attached hydrogens (tertiary/aromatic N) is 1. The SMILES string of the molecule is CCOc1ccccc1NS(=O)(=O)c1cccnc1CN. The minimum atomic E-state index is -3.77. The first-order chi connectivity index (χ1) is 10.1. The largest absolute Gasteiger partial charge is 0.492 e. The Bertz CT molecular complexity index is 717. The zero-order valence-corrected chi connectivity index (χ0v) is 12.4. The number of rotatable bonds is 6. The number of aromatic nitrogens is 1.